The highest BCUT2D eigenvalue weighted by Gasteiger charge is 2.31. The molecule has 6 heteroatoms. The van der Waals surface area contributed by atoms with Crippen LogP contribution in [0.25, 0.3) is 0 Å². The zero-order chi connectivity index (χ0) is 14.0. The fraction of sp³-hybridized carbons (Fsp3) is 0.385. The molecule has 1 aliphatic rings. The lowest BCUT2D eigenvalue weighted by molar-refractivity contribution is -0.123. The monoisotopic (exact) mass is 325 g/mol. The third kappa shape index (κ3) is 2.89. The first-order valence-electron chi connectivity index (χ1n) is 6.16. The summed E-state index contributed by atoms with van der Waals surface area (Å²) in [6.07, 6.45) is 2.42. The zero-order valence-corrected chi connectivity index (χ0v) is 12.0. The van der Waals surface area contributed by atoms with Gasteiger partial charge in [-0.2, -0.15) is 0 Å². The van der Waals surface area contributed by atoms with Gasteiger partial charge in [-0.1, -0.05) is 0 Å². The van der Waals surface area contributed by atoms with Gasteiger partial charge >= 0.3 is 0 Å². The summed E-state index contributed by atoms with van der Waals surface area (Å²) in [6.45, 7) is 0.549. The summed E-state index contributed by atoms with van der Waals surface area (Å²) < 4.78 is 0.667. The summed E-state index contributed by atoms with van der Waals surface area (Å²) in [6, 6.07) is 4.53. The Morgan fingerprint density at radius 3 is 2.74 bits per heavy atom. The molecule has 0 aliphatic carbocycles. The molecule has 0 aromatic heterocycles. The highest BCUT2D eigenvalue weighted by atomic mass is 79.9. The molecule has 1 aromatic carbocycles. The van der Waals surface area contributed by atoms with E-state index >= 15 is 0 Å². The summed E-state index contributed by atoms with van der Waals surface area (Å²) in [5.74, 6) is -0.657. The molecular formula is C13H16BrN3O2. The van der Waals surface area contributed by atoms with Crippen molar-refractivity contribution in [2.75, 3.05) is 12.3 Å². The van der Waals surface area contributed by atoms with E-state index in [1.807, 2.05) is 0 Å². The van der Waals surface area contributed by atoms with Gasteiger partial charge in [0.05, 0.1) is 5.56 Å². The predicted octanol–water partition coefficient (Wildman–Crippen LogP) is 1.51. The molecule has 102 valence electrons. The quantitative estimate of drug-likeness (QED) is 0.807. The van der Waals surface area contributed by atoms with Crippen LogP contribution in [0.15, 0.2) is 22.7 Å². The van der Waals surface area contributed by atoms with Gasteiger partial charge in [-0.3, -0.25) is 9.59 Å². The molecule has 1 heterocycles. The van der Waals surface area contributed by atoms with Crippen LogP contribution in [-0.4, -0.2) is 29.3 Å². The number of piperidine rings is 1. The van der Waals surface area contributed by atoms with Crippen LogP contribution < -0.4 is 11.5 Å². The zero-order valence-electron chi connectivity index (χ0n) is 10.4. The Bertz CT molecular complexity index is 519. The van der Waals surface area contributed by atoms with Crippen LogP contribution in [0, 0.1) is 0 Å². The summed E-state index contributed by atoms with van der Waals surface area (Å²) >= 11 is 3.34. The number of halogens is 1. The average Bonchev–Trinajstić information content (AvgIpc) is 2.40. The van der Waals surface area contributed by atoms with Gasteiger partial charge in [0.15, 0.2) is 0 Å². The smallest absolute Gasteiger partial charge is 0.255 e. The number of anilines is 1. The van der Waals surface area contributed by atoms with Crippen molar-refractivity contribution in [1.29, 1.82) is 0 Å². The largest absolute Gasteiger partial charge is 0.399 e. The molecule has 19 heavy (non-hydrogen) atoms. The summed E-state index contributed by atoms with van der Waals surface area (Å²) in [7, 11) is 0. The molecule has 1 atom stereocenters. The van der Waals surface area contributed by atoms with Crippen LogP contribution >= 0.6 is 15.9 Å². The van der Waals surface area contributed by atoms with E-state index in [-0.39, 0.29) is 5.91 Å². The molecule has 4 N–H and O–H groups in total. The van der Waals surface area contributed by atoms with Gasteiger partial charge in [-0.05, 0) is 53.4 Å². The van der Waals surface area contributed by atoms with Crippen molar-refractivity contribution in [3.63, 3.8) is 0 Å². The van der Waals surface area contributed by atoms with Crippen LogP contribution in [0.3, 0.4) is 0 Å². The van der Waals surface area contributed by atoms with E-state index in [1.54, 1.807) is 23.1 Å². The normalized spacial score (nSPS) is 19.2. The number of hydrogen-bond acceptors (Lipinski definition) is 3. The molecule has 1 aliphatic heterocycles. The summed E-state index contributed by atoms with van der Waals surface area (Å²) in [5, 5.41) is 0. The van der Waals surface area contributed by atoms with Gasteiger partial charge in [0.2, 0.25) is 5.91 Å². The number of likely N-dealkylation sites (tertiary alicyclic amines) is 1. The van der Waals surface area contributed by atoms with Crippen molar-refractivity contribution in [1.82, 2.24) is 4.90 Å². The van der Waals surface area contributed by atoms with Gasteiger partial charge < -0.3 is 16.4 Å². The van der Waals surface area contributed by atoms with E-state index in [1.165, 1.54) is 0 Å². The van der Waals surface area contributed by atoms with Crippen molar-refractivity contribution in [3.8, 4) is 0 Å². The Kier molecular flexibility index (Phi) is 4.09. The molecule has 1 aromatic rings. The third-order valence-electron chi connectivity index (χ3n) is 3.31. The van der Waals surface area contributed by atoms with Crippen molar-refractivity contribution in [2.24, 2.45) is 5.73 Å². The van der Waals surface area contributed by atoms with Crippen molar-refractivity contribution in [2.45, 2.75) is 25.3 Å². The topological polar surface area (TPSA) is 89.4 Å². The Morgan fingerprint density at radius 1 is 1.32 bits per heavy atom. The maximum atomic E-state index is 12.5. The fourth-order valence-electron chi connectivity index (χ4n) is 2.33. The Morgan fingerprint density at radius 2 is 2.05 bits per heavy atom. The van der Waals surface area contributed by atoms with Crippen LogP contribution in [0.4, 0.5) is 5.69 Å². The average molecular weight is 326 g/mol. The van der Waals surface area contributed by atoms with E-state index < -0.39 is 11.9 Å². The first-order chi connectivity index (χ1) is 9.00. The lowest BCUT2D eigenvalue weighted by Gasteiger charge is -2.34. The molecule has 1 saturated heterocycles. The Balaban J connectivity index is 2.31. The first-order valence-corrected chi connectivity index (χ1v) is 6.95. The van der Waals surface area contributed by atoms with Crippen LogP contribution in [0.2, 0.25) is 0 Å². The first kappa shape index (κ1) is 13.9. The van der Waals surface area contributed by atoms with Crippen molar-refractivity contribution in [3.05, 3.63) is 28.2 Å². The summed E-state index contributed by atoms with van der Waals surface area (Å²) in [5.41, 5.74) is 12.1. The second-order valence-corrected chi connectivity index (χ2v) is 5.51. The highest BCUT2D eigenvalue weighted by molar-refractivity contribution is 9.10. The number of benzene rings is 1. The number of amides is 2. The molecule has 2 rings (SSSR count). The number of carbonyl (C=O) groups excluding carboxylic acids is 2. The van der Waals surface area contributed by atoms with E-state index in [9.17, 15) is 9.59 Å². The fourth-order valence-corrected chi connectivity index (χ4v) is 2.75. The highest BCUT2D eigenvalue weighted by Crippen LogP contribution is 2.25. The number of hydrogen-bond donors (Lipinski definition) is 2. The second-order valence-electron chi connectivity index (χ2n) is 4.65. The maximum absolute atomic E-state index is 12.5. The molecule has 0 bridgehead atoms. The number of nitrogens with zero attached hydrogens (tertiary/aromatic N) is 1. The van der Waals surface area contributed by atoms with E-state index in [0.29, 0.717) is 28.7 Å². The minimum absolute atomic E-state index is 0.206. The van der Waals surface area contributed by atoms with Crippen molar-refractivity contribution >= 4 is 33.4 Å². The third-order valence-corrected chi connectivity index (χ3v) is 4.00. The Hall–Kier alpha value is -1.56. The molecule has 0 saturated carbocycles. The van der Waals surface area contributed by atoms with E-state index in [2.05, 4.69) is 15.9 Å². The molecule has 0 spiro atoms. The van der Waals surface area contributed by atoms with Gasteiger partial charge in [0, 0.05) is 16.7 Å². The number of nitrogen functional groups attached to an aromatic ring is 1. The molecule has 5 nitrogen and oxygen atoms in total. The standard InChI is InChI=1S/C13H16BrN3O2/c14-10-5-4-8(15)7-9(10)13(19)17-6-2-1-3-11(17)12(16)18/h4-5,7,11H,1-3,6,15H2,(H2,16,18). The van der Waals surface area contributed by atoms with Gasteiger partial charge in [0.25, 0.3) is 5.91 Å². The molecule has 1 fully saturated rings. The number of nitrogens with two attached hydrogens (primary N) is 2. The van der Waals surface area contributed by atoms with E-state index in [4.69, 9.17) is 11.5 Å². The lowest BCUT2D eigenvalue weighted by atomic mass is 10.00. The van der Waals surface area contributed by atoms with Gasteiger partial charge in [0.1, 0.15) is 6.04 Å². The number of carbonyl (C=O) groups is 2. The van der Waals surface area contributed by atoms with Crippen molar-refractivity contribution < 1.29 is 9.59 Å². The SMILES string of the molecule is NC(=O)C1CCCCN1C(=O)c1cc(N)ccc1Br. The second kappa shape index (κ2) is 5.61. The number of rotatable bonds is 2. The minimum atomic E-state index is -0.519. The van der Waals surface area contributed by atoms with Gasteiger partial charge in [-0.25, -0.2) is 0 Å². The number of primary amides is 1. The van der Waals surface area contributed by atoms with Crippen LogP contribution in [0.5, 0.6) is 0 Å². The lowest BCUT2D eigenvalue weighted by Crippen LogP contribution is -2.50. The Labute approximate surface area is 120 Å². The van der Waals surface area contributed by atoms with Crippen LogP contribution in [-0.2, 0) is 4.79 Å². The minimum Gasteiger partial charge on any atom is -0.399 e. The van der Waals surface area contributed by atoms with Crippen LogP contribution in [0.1, 0.15) is 29.6 Å². The summed E-state index contributed by atoms with van der Waals surface area (Å²) in [4.78, 5) is 25.5. The molecule has 2 amide bonds. The predicted molar refractivity (Wildman–Crippen MR) is 76.4 cm³/mol. The maximum Gasteiger partial charge on any atom is 0.255 e. The van der Waals surface area contributed by atoms with E-state index in [0.717, 1.165) is 12.8 Å². The molecule has 1 unspecified atom stereocenters. The van der Waals surface area contributed by atoms with Gasteiger partial charge in [-0.15, -0.1) is 0 Å². The molecule has 0 radical (unpaired) electrons. The molecular weight excluding hydrogens is 310 g/mol.